The molecule has 0 spiro atoms. The Bertz CT molecular complexity index is 398. The number of halogens is 1. The van der Waals surface area contributed by atoms with Crippen molar-refractivity contribution in [3.63, 3.8) is 0 Å². The Morgan fingerprint density at radius 3 is 2.94 bits per heavy atom. The molecule has 2 rings (SSSR count). The van der Waals surface area contributed by atoms with Gasteiger partial charge < -0.3 is 15.1 Å². The molecule has 0 aromatic carbocycles. The maximum atomic E-state index is 9.56. The first kappa shape index (κ1) is 12.6. The van der Waals surface area contributed by atoms with E-state index in [1.807, 2.05) is 6.92 Å². The average Bonchev–Trinajstić information content (AvgIpc) is 2.78. The van der Waals surface area contributed by atoms with Crippen LogP contribution in [-0.2, 0) is 6.61 Å². The number of aliphatic hydroxyl groups is 2. The predicted molar refractivity (Wildman–Crippen MR) is 67.2 cm³/mol. The first-order chi connectivity index (χ1) is 8.11. The normalized spacial score (nSPS) is 21.9. The van der Waals surface area contributed by atoms with E-state index in [1.54, 1.807) is 12.3 Å². The van der Waals surface area contributed by atoms with Crippen molar-refractivity contribution in [1.29, 1.82) is 0 Å². The van der Waals surface area contributed by atoms with Crippen LogP contribution in [0, 0.1) is 5.92 Å². The van der Waals surface area contributed by atoms with Crippen LogP contribution >= 0.6 is 11.6 Å². The third kappa shape index (κ3) is 2.70. The zero-order chi connectivity index (χ0) is 12.4. The number of nitrogens with zero attached hydrogens (tertiary/aromatic N) is 2. The molecule has 1 aromatic heterocycles. The summed E-state index contributed by atoms with van der Waals surface area (Å²) >= 11 is 6.14. The second-order valence-electron chi connectivity index (χ2n) is 4.54. The monoisotopic (exact) mass is 256 g/mol. The van der Waals surface area contributed by atoms with E-state index in [9.17, 15) is 5.11 Å². The highest BCUT2D eigenvalue weighted by Gasteiger charge is 2.27. The molecule has 4 nitrogen and oxygen atoms in total. The zero-order valence-corrected chi connectivity index (χ0v) is 10.6. The summed E-state index contributed by atoms with van der Waals surface area (Å²) in [6.07, 6.45) is 2.30. The molecule has 0 bridgehead atoms. The molecule has 2 N–H and O–H groups in total. The maximum Gasteiger partial charge on any atom is 0.147 e. The van der Waals surface area contributed by atoms with Crippen molar-refractivity contribution < 1.29 is 10.2 Å². The van der Waals surface area contributed by atoms with Gasteiger partial charge in [-0.1, -0.05) is 11.6 Å². The smallest absolute Gasteiger partial charge is 0.147 e. The van der Waals surface area contributed by atoms with Crippen molar-refractivity contribution in [2.75, 3.05) is 18.0 Å². The molecule has 2 atom stereocenters. The van der Waals surface area contributed by atoms with Gasteiger partial charge in [0.1, 0.15) is 5.82 Å². The molecule has 2 heterocycles. The van der Waals surface area contributed by atoms with Gasteiger partial charge in [-0.05, 0) is 25.0 Å². The summed E-state index contributed by atoms with van der Waals surface area (Å²) in [4.78, 5) is 6.36. The molecule has 94 valence electrons. The van der Waals surface area contributed by atoms with Crippen LogP contribution in [0.15, 0.2) is 12.3 Å². The molecular weight excluding hydrogens is 240 g/mol. The summed E-state index contributed by atoms with van der Waals surface area (Å²) < 4.78 is 0. The molecule has 1 aromatic rings. The molecule has 0 radical (unpaired) electrons. The fourth-order valence-electron chi connectivity index (χ4n) is 2.16. The summed E-state index contributed by atoms with van der Waals surface area (Å²) in [6, 6.07) is 1.74. The number of aromatic nitrogens is 1. The highest BCUT2D eigenvalue weighted by atomic mass is 35.5. The highest BCUT2D eigenvalue weighted by molar-refractivity contribution is 6.33. The van der Waals surface area contributed by atoms with Crippen molar-refractivity contribution in [1.82, 2.24) is 4.98 Å². The Morgan fingerprint density at radius 2 is 2.41 bits per heavy atom. The van der Waals surface area contributed by atoms with Crippen molar-refractivity contribution in [2.24, 2.45) is 5.92 Å². The van der Waals surface area contributed by atoms with Gasteiger partial charge in [0, 0.05) is 25.2 Å². The average molecular weight is 257 g/mol. The molecule has 1 fully saturated rings. The Hall–Kier alpha value is -0.840. The summed E-state index contributed by atoms with van der Waals surface area (Å²) in [7, 11) is 0. The molecule has 0 amide bonds. The van der Waals surface area contributed by atoms with Gasteiger partial charge in [0.15, 0.2) is 0 Å². The van der Waals surface area contributed by atoms with Gasteiger partial charge in [0.2, 0.25) is 0 Å². The van der Waals surface area contributed by atoms with Gasteiger partial charge in [0.05, 0.1) is 17.7 Å². The summed E-state index contributed by atoms with van der Waals surface area (Å²) in [5, 5.41) is 19.1. The summed E-state index contributed by atoms with van der Waals surface area (Å²) in [5.74, 6) is 1.03. The van der Waals surface area contributed by atoms with Crippen LogP contribution in [0.2, 0.25) is 5.02 Å². The van der Waals surface area contributed by atoms with Crippen LogP contribution in [-0.4, -0.2) is 34.4 Å². The lowest BCUT2D eigenvalue weighted by molar-refractivity contribution is 0.136. The number of hydrogen-bond acceptors (Lipinski definition) is 4. The summed E-state index contributed by atoms with van der Waals surface area (Å²) in [5.41, 5.74) is 0.713. The third-order valence-corrected chi connectivity index (χ3v) is 3.55. The second kappa shape index (κ2) is 5.21. The van der Waals surface area contributed by atoms with Crippen LogP contribution in [0.25, 0.3) is 0 Å². The fraction of sp³-hybridized carbons (Fsp3) is 0.583. The molecule has 0 saturated carbocycles. The lowest BCUT2D eigenvalue weighted by atomic mass is 10.0. The topological polar surface area (TPSA) is 56.6 Å². The SMILES string of the molecule is CC(O)C1CCN(c2ncc(CO)cc2Cl)C1. The minimum atomic E-state index is -0.296. The molecule has 1 saturated heterocycles. The predicted octanol–water partition coefficient (Wildman–Crippen LogP) is 1.43. The quantitative estimate of drug-likeness (QED) is 0.859. The van der Waals surface area contributed by atoms with E-state index >= 15 is 0 Å². The number of aliphatic hydroxyl groups excluding tert-OH is 2. The first-order valence-corrected chi connectivity index (χ1v) is 6.18. The van der Waals surface area contributed by atoms with Crippen LogP contribution in [0.3, 0.4) is 0 Å². The Kier molecular flexibility index (Phi) is 3.86. The van der Waals surface area contributed by atoms with Gasteiger partial charge in [-0.25, -0.2) is 4.98 Å². The van der Waals surface area contributed by atoms with Crippen LogP contribution in [0.4, 0.5) is 5.82 Å². The molecule has 2 unspecified atom stereocenters. The fourth-order valence-corrected chi connectivity index (χ4v) is 2.47. The van der Waals surface area contributed by atoms with E-state index in [2.05, 4.69) is 9.88 Å². The van der Waals surface area contributed by atoms with Crippen molar-refractivity contribution in [2.45, 2.75) is 26.1 Å². The minimum absolute atomic E-state index is 0.0523. The van der Waals surface area contributed by atoms with Crippen LogP contribution in [0.1, 0.15) is 18.9 Å². The number of hydrogen-bond donors (Lipinski definition) is 2. The van der Waals surface area contributed by atoms with Crippen molar-refractivity contribution >= 4 is 17.4 Å². The van der Waals surface area contributed by atoms with E-state index in [1.165, 1.54) is 0 Å². The Balaban J connectivity index is 2.13. The van der Waals surface area contributed by atoms with E-state index in [0.717, 1.165) is 25.3 Å². The molecule has 1 aliphatic rings. The lowest BCUT2D eigenvalue weighted by Gasteiger charge is -2.19. The summed E-state index contributed by atoms with van der Waals surface area (Å²) in [6.45, 7) is 3.41. The molecule has 17 heavy (non-hydrogen) atoms. The van der Waals surface area contributed by atoms with Gasteiger partial charge in [-0.15, -0.1) is 0 Å². The number of rotatable bonds is 3. The van der Waals surface area contributed by atoms with Crippen molar-refractivity contribution in [3.05, 3.63) is 22.8 Å². The van der Waals surface area contributed by atoms with Crippen molar-refractivity contribution in [3.8, 4) is 0 Å². The highest BCUT2D eigenvalue weighted by Crippen LogP contribution is 2.30. The molecule has 5 heteroatoms. The Morgan fingerprint density at radius 1 is 1.65 bits per heavy atom. The van der Waals surface area contributed by atoms with E-state index < -0.39 is 0 Å². The molecular formula is C12H17ClN2O2. The Labute approximate surface area is 106 Å². The third-order valence-electron chi connectivity index (χ3n) is 3.27. The largest absolute Gasteiger partial charge is 0.393 e. The minimum Gasteiger partial charge on any atom is -0.393 e. The van der Waals surface area contributed by atoms with Crippen LogP contribution < -0.4 is 4.90 Å². The number of pyridine rings is 1. The molecule has 1 aliphatic heterocycles. The number of anilines is 1. The van der Waals surface area contributed by atoms with Gasteiger partial charge in [-0.3, -0.25) is 0 Å². The van der Waals surface area contributed by atoms with Gasteiger partial charge >= 0.3 is 0 Å². The van der Waals surface area contributed by atoms with Crippen LogP contribution in [0.5, 0.6) is 0 Å². The molecule has 0 aliphatic carbocycles. The standard InChI is InChI=1S/C12H17ClN2O2/c1-8(17)10-2-3-15(6-10)12-11(13)4-9(7-16)5-14-12/h4-5,8,10,16-17H,2-3,6-7H2,1H3. The maximum absolute atomic E-state index is 9.56. The van der Waals surface area contributed by atoms with Gasteiger partial charge in [0.25, 0.3) is 0 Å². The van der Waals surface area contributed by atoms with Gasteiger partial charge in [-0.2, -0.15) is 0 Å². The lowest BCUT2D eigenvalue weighted by Crippen LogP contribution is -2.24. The zero-order valence-electron chi connectivity index (χ0n) is 9.80. The first-order valence-electron chi connectivity index (χ1n) is 5.80. The second-order valence-corrected chi connectivity index (χ2v) is 4.95. The van der Waals surface area contributed by atoms with E-state index in [-0.39, 0.29) is 18.6 Å². The van der Waals surface area contributed by atoms with E-state index in [0.29, 0.717) is 10.6 Å². The van der Waals surface area contributed by atoms with E-state index in [4.69, 9.17) is 16.7 Å².